The second-order valence-electron chi connectivity index (χ2n) is 3.24. The van der Waals surface area contributed by atoms with E-state index in [0.717, 1.165) is 10.6 Å². The van der Waals surface area contributed by atoms with Gasteiger partial charge in [0.15, 0.2) is 5.69 Å². The van der Waals surface area contributed by atoms with Gasteiger partial charge in [-0.2, -0.15) is 0 Å². The Kier molecular flexibility index (Phi) is 3.76. The third kappa shape index (κ3) is 2.65. The lowest BCUT2D eigenvalue weighted by atomic mass is 10.2. The molecule has 0 saturated carbocycles. The van der Waals surface area contributed by atoms with E-state index >= 15 is 0 Å². The number of rotatable bonds is 3. The van der Waals surface area contributed by atoms with Crippen molar-refractivity contribution < 1.29 is 9.53 Å². The van der Waals surface area contributed by atoms with E-state index in [1.165, 1.54) is 11.3 Å². The van der Waals surface area contributed by atoms with Gasteiger partial charge in [0.25, 0.3) is 0 Å². The summed E-state index contributed by atoms with van der Waals surface area (Å²) in [6.07, 6.45) is 0. The number of esters is 1. The maximum absolute atomic E-state index is 11.5. The normalized spacial score (nSPS) is 10.2. The van der Waals surface area contributed by atoms with Crippen LogP contribution in [-0.2, 0) is 4.74 Å². The predicted molar refractivity (Wildman–Crippen MR) is 68.5 cm³/mol. The summed E-state index contributed by atoms with van der Waals surface area (Å²) in [6.45, 7) is 2.11. The number of nitrogens with zero attached hydrogens (tertiary/aromatic N) is 1. The van der Waals surface area contributed by atoms with Crippen LogP contribution in [-0.4, -0.2) is 17.6 Å². The van der Waals surface area contributed by atoms with Crippen molar-refractivity contribution in [2.45, 2.75) is 6.92 Å². The minimum atomic E-state index is -0.401. The van der Waals surface area contributed by atoms with Crippen molar-refractivity contribution in [2.24, 2.45) is 0 Å². The molecule has 2 aromatic rings. The predicted octanol–water partition coefficient (Wildman–Crippen LogP) is 3.64. The molecule has 0 amide bonds. The Labute approximate surface area is 108 Å². The Morgan fingerprint density at radius 1 is 1.47 bits per heavy atom. The summed E-state index contributed by atoms with van der Waals surface area (Å²) in [7, 11) is 0. The van der Waals surface area contributed by atoms with E-state index in [1.54, 1.807) is 18.4 Å². The van der Waals surface area contributed by atoms with Crippen LogP contribution in [0.15, 0.2) is 29.6 Å². The first-order valence-corrected chi connectivity index (χ1v) is 6.35. The highest BCUT2D eigenvalue weighted by molar-refractivity contribution is 7.13. The van der Waals surface area contributed by atoms with Gasteiger partial charge in [-0.1, -0.05) is 29.8 Å². The molecule has 1 aromatic heterocycles. The molecule has 0 N–H and O–H groups in total. The standard InChI is InChI=1S/C12H10ClNO2S/c1-2-16-12(15)10-7-17-11(14-10)8-5-3-4-6-9(8)13/h3-7H,2H2,1H3. The van der Waals surface area contributed by atoms with Crippen LogP contribution in [0.5, 0.6) is 0 Å². The second kappa shape index (κ2) is 5.29. The molecule has 1 aromatic carbocycles. The summed E-state index contributed by atoms with van der Waals surface area (Å²) in [5.41, 5.74) is 1.15. The van der Waals surface area contributed by atoms with Crippen molar-refractivity contribution in [1.29, 1.82) is 0 Å². The molecule has 0 aliphatic carbocycles. The van der Waals surface area contributed by atoms with Gasteiger partial charge in [-0.05, 0) is 13.0 Å². The lowest BCUT2D eigenvalue weighted by molar-refractivity contribution is 0.0520. The van der Waals surface area contributed by atoms with Crippen LogP contribution in [0, 0.1) is 0 Å². The van der Waals surface area contributed by atoms with E-state index in [-0.39, 0.29) is 0 Å². The van der Waals surface area contributed by atoms with Crippen molar-refractivity contribution in [1.82, 2.24) is 4.98 Å². The van der Waals surface area contributed by atoms with E-state index in [1.807, 2.05) is 18.2 Å². The number of carbonyl (C=O) groups excluding carboxylic acids is 1. The largest absolute Gasteiger partial charge is 0.461 e. The average molecular weight is 268 g/mol. The Morgan fingerprint density at radius 2 is 2.24 bits per heavy atom. The van der Waals surface area contributed by atoms with Crippen LogP contribution in [0.2, 0.25) is 5.02 Å². The third-order valence-electron chi connectivity index (χ3n) is 2.09. The zero-order valence-electron chi connectivity index (χ0n) is 9.14. The summed E-state index contributed by atoms with van der Waals surface area (Å²) in [5, 5.41) is 3.02. The summed E-state index contributed by atoms with van der Waals surface area (Å²) < 4.78 is 4.88. The number of hydrogen-bond donors (Lipinski definition) is 0. The van der Waals surface area contributed by atoms with Crippen molar-refractivity contribution in [3.8, 4) is 10.6 Å². The Morgan fingerprint density at radius 3 is 2.94 bits per heavy atom. The van der Waals surface area contributed by atoms with Crippen molar-refractivity contribution in [3.63, 3.8) is 0 Å². The molecule has 0 aliphatic heterocycles. The van der Waals surface area contributed by atoms with Gasteiger partial charge in [0, 0.05) is 10.9 Å². The minimum Gasteiger partial charge on any atom is -0.461 e. The molecule has 0 aliphatic rings. The first-order chi connectivity index (χ1) is 8.22. The number of hydrogen-bond acceptors (Lipinski definition) is 4. The van der Waals surface area contributed by atoms with Crippen molar-refractivity contribution in [2.75, 3.05) is 6.61 Å². The molecule has 5 heteroatoms. The van der Waals surface area contributed by atoms with Gasteiger partial charge in [-0.25, -0.2) is 9.78 Å². The monoisotopic (exact) mass is 267 g/mol. The molecule has 0 saturated heterocycles. The molecule has 0 radical (unpaired) electrons. The number of benzene rings is 1. The number of carbonyl (C=O) groups is 1. The fourth-order valence-corrected chi connectivity index (χ4v) is 2.44. The fourth-order valence-electron chi connectivity index (χ4n) is 1.33. The molecular weight excluding hydrogens is 258 g/mol. The molecule has 0 bridgehead atoms. The molecule has 17 heavy (non-hydrogen) atoms. The highest BCUT2D eigenvalue weighted by Crippen LogP contribution is 2.30. The lowest BCUT2D eigenvalue weighted by Crippen LogP contribution is -2.04. The zero-order chi connectivity index (χ0) is 12.3. The second-order valence-corrected chi connectivity index (χ2v) is 4.50. The molecule has 0 spiro atoms. The highest BCUT2D eigenvalue weighted by Gasteiger charge is 2.13. The Bertz CT molecular complexity index is 539. The molecule has 1 heterocycles. The van der Waals surface area contributed by atoms with E-state index < -0.39 is 5.97 Å². The van der Waals surface area contributed by atoms with Crippen LogP contribution < -0.4 is 0 Å². The Hall–Kier alpha value is -1.39. The van der Waals surface area contributed by atoms with Gasteiger partial charge in [0.2, 0.25) is 0 Å². The van der Waals surface area contributed by atoms with E-state index in [2.05, 4.69) is 4.98 Å². The molecule has 0 unspecified atom stereocenters. The van der Waals surface area contributed by atoms with E-state index in [4.69, 9.17) is 16.3 Å². The van der Waals surface area contributed by atoms with E-state index in [0.29, 0.717) is 17.3 Å². The smallest absolute Gasteiger partial charge is 0.357 e. The van der Waals surface area contributed by atoms with Crippen molar-refractivity contribution >= 4 is 28.9 Å². The summed E-state index contributed by atoms with van der Waals surface area (Å²) in [6, 6.07) is 7.40. The van der Waals surface area contributed by atoms with Crippen LogP contribution in [0.4, 0.5) is 0 Å². The maximum atomic E-state index is 11.5. The number of halogens is 1. The molecule has 0 atom stereocenters. The van der Waals surface area contributed by atoms with Gasteiger partial charge < -0.3 is 4.74 Å². The zero-order valence-corrected chi connectivity index (χ0v) is 10.7. The average Bonchev–Trinajstić information content (AvgIpc) is 2.79. The summed E-state index contributed by atoms with van der Waals surface area (Å²) in [4.78, 5) is 15.7. The van der Waals surface area contributed by atoms with Gasteiger partial charge in [-0.3, -0.25) is 0 Å². The number of aromatic nitrogens is 1. The van der Waals surface area contributed by atoms with Crippen molar-refractivity contribution in [3.05, 3.63) is 40.4 Å². The fraction of sp³-hybridized carbons (Fsp3) is 0.167. The van der Waals surface area contributed by atoms with Gasteiger partial charge in [0.05, 0.1) is 11.6 Å². The summed E-state index contributed by atoms with van der Waals surface area (Å²) >= 11 is 7.43. The van der Waals surface area contributed by atoms with Crippen LogP contribution in [0.1, 0.15) is 17.4 Å². The number of ether oxygens (including phenoxy) is 1. The van der Waals surface area contributed by atoms with Gasteiger partial charge >= 0.3 is 5.97 Å². The first-order valence-electron chi connectivity index (χ1n) is 5.10. The Balaban J connectivity index is 2.30. The van der Waals surface area contributed by atoms with Crippen LogP contribution in [0.25, 0.3) is 10.6 Å². The molecule has 2 rings (SSSR count). The quantitative estimate of drug-likeness (QED) is 0.797. The minimum absolute atomic E-state index is 0.326. The first kappa shape index (κ1) is 12.1. The van der Waals surface area contributed by atoms with Crippen LogP contribution >= 0.6 is 22.9 Å². The maximum Gasteiger partial charge on any atom is 0.357 e. The third-order valence-corrected chi connectivity index (χ3v) is 3.30. The highest BCUT2D eigenvalue weighted by atomic mass is 35.5. The summed E-state index contributed by atoms with van der Waals surface area (Å²) in [5.74, 6) is -0.401. The SMILES string of the molecule is CCOC(=O)c1csc(-c2ccccc2Cl)n1. The van der Waals surface area contributed by atoms with Gasteiger partial charge in [-0.15, -0.1) is 11.3 Å². The molecule has 0 fully saturated rings. The van der Waals surface area contributed by atoms with E-state index in [9.17, 15) is 4.79 Å². The lowest BCUT2D eigenvalue weighted by Gasteiger charge is -1.99. The van der Waals surface area contributed by atoms with Gasteiger partial charge in [0.1, 0.15) is 5.01 Å². The molecular formula is C12H10ClNO2S. The van der Waals surface area contributed by atoms with Crippen LogP contribution in [0.3, 0.4) is 0 Å². The molecule has 88 valence electrons. The molecule has 3 nitrogen and oxygen atoms in total. The topological polar surface area (TPSA) is 39.2 Å². The number of thiazole rings is 1.